The van der Waals surface area contributed by atoms with Gasteiger partial charge in [-0.15, -0.1) is 0 Å². The Morgan fingerprint density at radius 1 is 1.12 bits per heavy atom. The summed E-state index contributed by atoms with van der Waals surface area (Å²) in [4.78, 5) is 30.8. The third kappa shape index (κ3) is 4.71. The number of carbonyl (C=O) groups is 2. The summed E-state index contributed by atoms with van der Waals surface area (Å²) in [6.07, 6.45) is 1.78. The van der Waals surface area contributed by atoms with E-state index in [1.165, 1.54) is 0 Å². The van der Waals surface area contributed by atoms with Gasteiger partial charge in [0.25, 0.3) is 5.91 Å². The molecule has 0 aliphatic carbocycles. The highest BCUT2D eigenvalue weighted by atomic mass is 35.5. The van der Waals surface area contributed by atoms with Gasteiger partial charge in [-0.2, -0.15) is 0 Å². The molecule has 2 N–H and O–H groups in total. The normalized spacial score (nSPS) is 14.0. The molecule has 1 aromatic heterocycles. The van der Waals surface area contributed by atoms with Gasteiger partial charge in [0.15, 0.2) is 0 Å². The number of nitrogens with zero attached hydrogens (tertiary/aromatic N) is 2. The van der Waals surface area contributed by atoms with E-state index in [1.54, 1.807) is 42.6 Å². The van der Waals surface area contributed by atoms with E-state index in [-0.39, 0.29) is 12.3 Å². The van der Waals surface area contributed by atoms with Gasteiger partial charge < -0.3 is 9.64 Å². The van der Waals surface area contributed by atoms with Gasteiger partial charge in [0.2, 0.25) is 5.91 Å². The predicted molar refractivity (Wildman–Crippen MR) is 98.0 cm³/mol. The fraction of sp³-hybridized carbons (Fsp3) is 0.278. The summed E-state index contributed by atoms with van der Waals surface area (Å²) in [6, 6.07) is 10.3. The molecule has 0 atom stereocenters. The van der Waals surface area contributed by atoms with E-state index in [1.807, 2.05) is 4.90 Å². The van der Waals surface area contributed by atoms with Gasteiger partial charge in [0, 0.05) is 24.3 Å². The Labute approximate surface area is 156 Å². The topological polar surface area (TPSA) is 83.6 Å². The van der Waals surface area contributed by atoms with Crippen LogP contribution in [0.25, 0.3) is 0 Å². The zero-order valence-corrected chi connectivity index (χ0v) is 14.8. The summed E-state index contributed by atoms with van der Waals surface area (Å²) < 4.78 is 5.33. The maximum Gasteiger partial charge on any atom is 0.273 e. The first kappa shape index (κ1) is 18.2. The number of amides is 2. The van der Waals surface area contributed by atoms with E-state index >= 15 is 0 Å². The van der Waals surface area contributed by atoms with Crippen molar-refractivity contribution in [3.05, 3.63) is 58.7 Å². The largest absolute Gasteiger partial charge is 0.378 e. The summed E-state index contributed by atoms with van der Waals surface area (Å²) in [6.45, 7) is 2.52. The zero-order chi connectivity index (χ0) is 18.4. The molecular formula is C18H19ClN4O3. The van der Waals surface area contributed by atoms with Crippen LogP contribution in [0.15, 0.2) is 42.6 Å². The van der Waals surface area contributed by atoms with Gasteiger partial charge in [0.05, 0.1) is 25.2 Å². The smallest absolute Gasteiger partial charge is 0.273 e. The van der Waals surface area contributed by atoms with Crippen molar-refractivity contribution in [3.63, 3.8) is 0 Å². The summed E-state index contributed by atoms with van der Waals surface area (Å²) in [5.74, 6) is -0.151. The molecule has 1 aliphatic rings. The number of ether oxygens (including phenoxy) is 1. The van der Waals surface area contributed by atoms with Crippen LogP contribution in [-0.2, 0) is 16.0 Å². The van der Waals surface area contributed by atoms with Crippen molar-refractivity contribution in [1.29, 1.82) is 0 Å². The Hall–Kier alpha value is -2.64. The molecule has 1 aliphatic heterocycles. The number of hydrogen-bond donors (Lipinski definition) is 2. The maximum absolute atomic E-state index is 12.5. The van der Waals surface area contributed by atoms with Crippen molar-refractivity contribution in [2.24, 2.45) is 0 Å². The second-order valence-corrected chi connectivity index (χ2v) is 6.22. The van der Waals surface area contributed by atoms with E-state index < -0.39 is 5.91 Å². The van der Waals surface area contributed by atoms with Crippen molar-refractivity contribution >= 4 is 29.2 Å². The van der Waals surface area contributed by atoms with Crippen LogP contribution < -0.4 is 15.8 Å². The summed E-state index contributed by atoms with van der Waals surface area (Å²) >= 11 is 5.82. The van der Waals surface area contributed by atoms with Gasteiger partial charge in [-0.25, -0.2) is 4.98 Å². The fourth-order valence-electron chi connectivity index (χ4n) is 2.63. The molecule has 136 valence electrons. The molecule has 2 heterocycles. The van der Waals surface area contributed by atoms with Crippen LogP contribution in [0, 0.1) is 0 Å². The Morgan fingerprint density at radius 3 is 2.58 bits per heavy atom. The molecule has 1 saturated heterocycles. The van der Waals surface area contributed by atoms with Crippen LogP contribution in [0.5, 0.6) is 0 Å². The Kier molecular flexibility index (Phi) is 6.04. The number of anilines is 1. The Bertz CT molecular complexity index is 776. The van der Waals surface area contributed by atoms with Crippen LogP contribution in [0.1, 0.15) is 15.9 Å². The second-order valence-electron chi connectivity index (χ2n) is 5.78. The molecule has 2 aromatic rings. The van der Waals surface area contributed by atoms with Gasteiger partial charge >= 0.3 is 0 Å². The highest BCUT2D eigenvalue weighted by Crippen LogP contribution is 2.18. The van der Waals surface area contributed by atoms with E-state index in [0.717, 1.165) is 5.56 Å². The number of halogens is 1. The van der Waals surface area contributed by atoms with Gasteiger partial charge in [-0.1, -0.05) is 23.7 Å². The number of hydrogen-bond acceptors (Lipinski definition) is 5. The van der Waals surface area contributed by atoms with Gasteiger partial charge in [-0.05, 0) is 29.8 Å². The molecule has 0 saturated carbocycles. The highest BCUT2D eigenvalue weighted by Gasteiger charge is 2.20. The zero-order valence-electron chi connectivity index (χ0n) is 14.1. The average molecular weight is 375 g/mol. The summed E-state index contributed by atoms with van der Waals surface area (Å²) in [5.41, 5.74) is 6.09. The predicted octanol–water partition coefficient (Wildman–Crippen LogP) is 1.58. The first-order valence-electron chi connectivity index (χ1n) is 8.25. The van der Waals surface area contributed by atoms with E-state index in [0.29, 0.717) is 42.7 Å². The van der Waals surface area contributed by atoms with E-state index in [4.69, 9.17) is 16.3 Å². The number of rotatable bonds is 4. The number of morpholine rings is 1. The van der Waals surface area contributed by atoms with E-state index in [2.05, 4.69) is 15.8 Å². The molecule has 0 radical (unpaired) electrons. The monoisotopic (exact) mass is 374 g/mol. The van der Waals surface area contributed by atoms with Gasteiger partial charge in [-0.3, -0.25) is 20.4 Å². The Balaban J connectivity index is 1.59. The first-order chi connectivity index (χ1) is 12.6. The number of aromatic nitrogens is 1. The molecule has 1 aromatic carbocycles. The number of hydrazine groups is 1. The molecule has 1 fully saturated rings. The molecule has 26 heavy (non-hydrogen) atoms. The van der Waals surface area contributed by atoms with Crippen LogP contribution in [0.2, 0.25) is 5.02 Å². The van der Waals surface area contributed by atoms with Crippen LogP contribution in [0.4, 0.5) is 5.82 Å². The lowest BCUT2D eigenvalue weighted by atomic mass is 10.1. The molecule has 7 nitrogen and oxygen atoms in total. The third-order valence-electron chi connectivity index (χ3n) is 3.94. The van der Waals surface area contributed by atoms with Crippen molar-refractivity contribution < 1.29 is 14.3 Å². The minimum Gasteiger partial charge on any atom is -0.378 e. The van der Waals surface area contributed by atoms with Crippen molar-refractivity contribution in [3.8, 4) is 0 Å². The number of nitrogens with one attached hydrogen (secondary N) is 2. The number of carbonyl (C=O) groups excluding carboxylic acids is 2. The second kappa shape index (κ2) is 8.64. The lowest BCUT2D eigenvalue weighted by Crippen LogP contribution is -2.44. The molecule has 8 heteroatoms. The standard InChI is InChI=1S/C18H19ClN4O3/c19-14-5-3-13(4-6-14)12-16(24)21-22-18(25)15-2-1-7-20-17(15)23-8-10-26-11-9-23/h1-7H,8-12H2,(H,21,24)(H,22,25). The average Bonchev–Trinajstić information content (AvgIpc) is 2.68. The summed E-state index contributed by atoms with van der Waals surface area (Å²) in [5, 5.41) is 0.606. The molecular weight excluding hydrogens is 356 g/mol. The molecule has 0 spiro atoms. The number of benzene rings is 1. The lowest BCUT2D eigenvalue weighted by Gasteiger charge is -2.29. The minimum atomic E-state index is -0.413. The molecule has 3 rings (SSSR count). The highest BCUT2D eigenvalue weighted by molar-refractivity contribution is 6.30. The van der Waals surface area contributed by atoms with Crippen molar-refractivity contribution in [2.45, 2.75) is 6.42 Å². The molecule has 0 unspecified atom stereocenters. The Morgan fingerprint density at radius 2 is 1.85 bits per heavy atom. The maximum atomic E-state index is 12.5. The van der Waals surface area contributed by atoms with Gasteiger partial charge in [0.1, 0.15) is 5.82 Å². The fourth-order valence-corrected chi connectivity index (χ4v) is 2.75. The lowest BCUT2D eigenvalue weighted by molar-refractivity contribution is -0.121. The molecule has 0 bridgehead atoms. The van der Waals surface area contributed by atoms with Crippen LogP contribution in [0.3, 0.4) is 0 Å². The SMILES string of the molecule is O=C(Cc1ccc(Cl)cc1)NNC(=O)c1cccnc1N1CCOCC1. The van der Waals surface area contributed by atoms with E-state index in [9.17, 15) is 9.59 Å². The van der Waals surface area contributed by atoms with Crippen LogP contribution >= 0.6 is 11.6 Å². The minimum absolute atomic E-state index is 0.140. The summed E-state index contributed by atoms with van der Waals surface area (Å²) in [7, 11) is 0. The third-order valence-corrected chi connectivity index (χ3v) is 4.19. The van der Waals surface area contributed by atoms with Crippen molar-refractivity contribution in [1.82, 2.24) is 15.8 Å². The number of pyridine rings is 1. The molecule has 2 amide bonds. The van der Waals surface area contributed by atoms with Crippen molar-refractivity contribution in [2.75, 3.05) is 31.2 Å². The first-order valence-corrected chi connectivity index (χ1v) is 8.62. The van der Waals surface area contributed by atoms with Crippen LogP contribution in [-0.4, -0.2) is 43.1 Å². The quantitative estimate of drug-likeness (QED) is 0.794.